The van der Waals surface area contributed by atoms with Crippen LogP contribution in [0, 0.1) is 0 Å². The molecule has 0 saturated carbocycles. The first kappa shape index (κ1) is 8.75. The Labute approximate surface area is 69.0 Å². The van der Waals surface area contributed by atoms with Gasteiger partial charge < -0.3 is 4.74 Å². The first-order valence-corrected chi connectivity index (χ1v) is 4.40. The van der Waals surface area contributed by atoms with Crippen molar-refractivity contribution in [3.63, 3.8) is 0 Å². The summed E-state index contributed by atoms with van der Waals surface area (Å²) < 4.78 is 6.36. The molecule has 0 aliphatic carbocycles. The second-order valence-electron chi connectivity index (χ2n) is 3.18. The summed E-state index contributed by atoms with van der Waals surface area (Å²) in [7, 11) is 0. The molecule has 0 amide bonds. The summed E-state index contributed by atoms with van der Waals surface area (Å²) in [5.41, 5.74) is 0. The smallest absolute Gasteiger partial charge is 0.107 e. The molecule has 0 bridgehead atoms. The molecule has 64 valence electrons. The summed E-state index contributed by atoms with van der Waals surface area (Å²) in [4.78, 5) is 0. The van der Waals surface area contributed by atoms with Gasteiger partial charge in [-0.1, -0.05) is 6.92 Å². The summed E-state index contributed by atoms with van der Waals surface area (Å²) in [6, 6.07) is 0. The number of ether oxygens (including phenoxy) is 1. The normalized spacial score (nSPS) is 23.0. The maximum absolute atomic E-state index is 5.31. The molecule has 0 aromatic rings. The highest BCUT2D eigenvalue weighted by molar-refractivity contribution is 4.60. The molecule has 2 nitrogen and oxygen atoms in total. The van der Waals surface area contributed by atoms with E-state index in [0.29, 0.717) is 0 Å². The minimum Gasteiger partial charge on any atom is -0.370 e. The first-order chi connectivity index (χ1) is 5.33. The van der Waals surface area contributed by atoms with Gasteiger partial charge >= 0.3 is 0 Å². The van der Waals surface area contributed by atoms with Gasteiger partial charge in [0.05, 0.1) is 26.0 Å². The molecule has 0 unspecified atom stereocenters. The van der Waals surface area contributed by atoms with Crippen molar-refractivity contribution < 1.29 is 9.22 Å². The quantitative estimate of drug-likeness (QED) is 0.561. The Morgan fingerprint density at radius 1 is 1.45 bits per heavy atom. The van der Waals surface area contributed by atoms with E-state index < -0.39 is 0 Å². The van der Waals surface area contributed by atoms with E-state index >= 15 is 0 Å². The van der Waals surface area contributed by atoms with Gasteiger partial charge in [-0.2, -0.15) is 0 Å². The van der Waals surface area contributed by atoms with Crippen LogP contribution in [0.5, 0.6) is 0 Å². The lowest BCUT2D eigenvalue weighted by Crippen LogP contribution is -2.51. The van der Waals surface area contributed by atoms with Gasteiger partial charge in [-0.15, -0.1) is 0 Å². The standard InChI is InChI=1S/C9H18NO/c1-3-5-10(4-2)6-8-11-9-7-10/h4H,2-3,5-9H2,1H3/q+1. The molecule has 1 fully saturated rings. The lowest BCUT2D eigenvalue weighted by atomic mass is 10.3. The van der Waals surface area contributed by atoms with E-state index in [1.54, 1.807) is 0 Å². The van der Waals surface area contributed by atoms with Crippen LogP contribution in [0.4, 0.5) is 0 Å². The summed E-state index contributed by atoms with van der Waals surface area (Å²) in [6.45, 7) is 11.3. The van der Waals surface area contributed by atoms with E-state index in [9.17, 15) is 0 Å². The Bertz CT molecular complexity index is 122. The Morgan fingerprint density at radius 3 is 2.55 bits per heavy atom. The van der Waals surface area contributed by atoms with Crippen LogP contribution in [-0.4, -0.2) is 37.3 Å². The molecule has 1 aliphatic heterocycles. The number of hydrogen-bond acceptors (Lipinski definition) is 1. The van der Waals surface area contributed by atoms with Gasteiger partial charge in [0.2, 0.25) is 0 Å². The van der Waals surface area contributed by atoms with Crippen molar-refractivity contribution in [3.8, 4) is 0 Å². The largest absolute Gasteiger partial charge is 0.370 e. The van der Waals surface area contributed by atoms with Crippen LogP contribution in [-0.2, 0) is 4.74 Å². The van der Waals surface area contributed by atoms with E-state index in [-0.39, 0.29) is 0 Å². The van der Waals surface area contributed by atoms with Crippen LogP contribution in [0.15, 0.2) is 12.8 Å². The zero-order valence-corrected chi connectivity index (χ0v) is 7.38. The van der Waals surface area contributed by atoms with Crippen molar-refractivity contribution in [2.24, 2.45) is 0 Å². The molecular formula is C9H18NO+. The van der Waals surface area contributed by atoms with Crippen LogP contribution in [0.3, 0.4) is 0 Å². The Balaban J connectivity index is 2.49. The molecule has 0 aromatic heterocycles. The SMILES string of the molecule is C=C[N+]1(CCC)CCOCC1. The molecule has 11 heavy (non-hydrogen) atoms. The van der Waals surface area contributed by atoms with Crippen molar-refractivity contribution in [3.05, 3.63) is 12.8 Å². The van der Waals surface area contributed by atoms with E-state index in [4.69, 9.17) is 4.74 Å². The summed E-state index contributed by atoms with van der Waals surface area (Å²) in [6.07, 6.45) is 3.30. The van der Waals surface area contributed by atoms with E-state index in [2.05, 4.69) is 19.7 Å². The Kier molecular flexibility index (Phi) is 3.09. The molecule has 0 spiro atoms. The van der Waals surface area contributed by atoms with Gasteiger partial charge in [0.1, 0.15) is 13.1 Å². The zero-order chi connectivity index (χ0) is 8.16. The summed E-state index contributed by atoms with van der Waals surface area (Å²) >= 11 is 0. The fourth-order valence-electron chi connectivity index (χ4n) is 1.65. The fraction of sp³-hybridized carbons (Fsp3) is 0.778. The van der Waals surface area contributed by atoms with Crippen molar-refractivity contribution in [1.82, 2.24) is 0 Å². The van der Waals surface area contributed by atoms with Crippen molar-refractivity contribution in [2.75, 3.05) is 32.8 Å². The van der Waals surface area contributed by atoms with Crippen LogP contribution in [0.25, 0.3) is 0 Å². The minimum atomic E-state index is 0.895. The molecule has 1 aliphatic rings. The predicted octanol–water partition coefficient (Wildman–Crippen LogP) is 1.39. The third kappa shape index (κ3) is 2.04. The molecule has 2 heteroatoms. The second kappa shape index (κ2) is 3.88. The maximum atomic E-state index is 5.31. The van der Waals surface area contributed by atoms with Gasteiger partial charge in [0.15, 0.2) is 0 Å². The molecular weight excluding hydrogens is 138 g/mol. The minimum absolute atomic E-state index is 0.895. The first-order valence-electron chi connectivity index (χ1n) is 4.40. The van der Waals surface area contributed by atoms with E-state index in [1.165, 1.54) is 13.0 Å². The fourth-order valence-corrected chi connectivity index (χ4v) is 1.65. The van der Waals surface area contributed by atoms with Gasteiger partial charge in [-0.05, 0) is 13.0 Å². The number of hydrogen-bond donors (Lipinski definition) is 0. The molecule has 0 aromatic carbocycles. The van der Waals surface area contributed by atoms with Crippen LogP contribution in [0.1, 0.15) is 13.3 Å². The van der Waals surface area contributed by atoms with Crippen LogP contribution < -0.4 is 0 Å². The molecule has 0 atom stereocenters. The molecule has 1 rings (SSSR count). The third-order valence-electron chi connectivity index (χ3n) is 2.42. The van der Waals surface area contributed by atoms with Crippen molar-refractivity contribution in [1.29, 1.82) is 0 Å². The summed E-state index contributed by atoms with van der Waals surface area (Å²) in [5, 5.41) is 0. The van der Waals surface area contributed by atoms with Crippen LogP contribution >= 0.6 is 0 Å². The van der Waals surface area contributed by atoms with Crippen molar-refractivity contribution in [2.45, 2.75) is 13.3 Å². The maximum Gasteiger partial charge on any atom is 0.107 e. The Morgan fingerprint density at radius 2 is 2.09 bits per heavy atom. The molecule has 0 radical (unpaired) electrons. The lowest BCUT2D eigenvalue weighted by molar-refractivity contribution is -0.887. The van der Waals surface area contributed by atoms with Gasteiger partial charge in [-0.3, -0.25) is 4.48 Å². The predicted molar refractivity (Wildman–Crippen MR) is 46.2 cm³/mol. The van der Waals surface area contributed by atoms with Gasteiger partial charge in [-0.25, -0.2) is 0 Å². The highest BCUT2D eigenvalue weighted by atomic mass is 16.5. The highest BCUT2D eigenvalue weighted by Gasteiger charge is 2.25. The monoisotopic (exact) mass is 156 g/mol. The average molecular weight is 156 g/mol. The average Bonchev–Trinajstić information content (AvgIpc) is 2.07. The number of morpholine rings is 1. The molecule has 0 N–H and O–H groups in total. The number of nitrogens with zero attached hydrogens (tertiary/aromatic N) is 1. The second-order valence-corrected chi connectivity index (χ2v) is 3.18. The molecule has 1 heterocycles. The Hall–Kier alpha value is -0.340. The van der Waals surface area contributed by atoms with Crippen molar-refractivity contribution >= 4 is 0 Å². The van der Waals surface area contributed by atoms with E-state index in [1.807, 2.05) is 0 Å². The van der Waals surface area contributed by atoms with Gasteiger partial charge in [0.25, 0.3) is 0 Å². The topological polar surface area (TPSA) is 9.23 Å². The van der Waals surface area contributed by atoms with Gasteiger partial charge in [0, 0.05) is 0 Å². The zero-order valence-electron chi connectivity index (χ0n) is 7.38. The van der Waals surface area contributed by atoms with Crippen LogP contribution in [0.2, 0.25) is 0 Å². The number of rotatable bonds is 3. The molecule has 1 saturated heterocycles. The number of quaternary nitrogens is 1. The lowest BCUT2D eigenvalue weighted by Gasteiger charge is -2.37. The summed E-state index contributed by atoms with van der Waals surface area (Å²) in [5.74, 6) is 0. The highest BCUT2D eigenvalue weighted by Crippen LogP contribution is 2.12. The van der Waals surface area contributed by atoms with E-state index in [0.717, 1.165) is 30.8 Å². The third-order valence-corrected chi connectivity index (χ3v) is 2.42.